The molecule has 6 nitrogen and oxygen atoms in total. The lowest BCUT2D eigenvalue weighted by atomic mass is 9.99. The van der Waals surface area contributed by atoms with E-state index in [4.69, 9.17) is 14.2 Å². The third-order valence-electron chi connectivity index (χ3n) is 3.35. The Morgan fingerprint density at radius 3 is 2.09 bits per heavy atom. The fourth-order valence-corrected chi connectivity index (χ4v) is 2.32. The maximum absolute atomic E-state index is 11.4. The van der Waals surface area contributed by atoms with Crippen molar-refractivity contribution >= 4 is 5.69 Å². The second-order valence-electron chi connectivity index (χ2n) is 4.55. The number of nitrogens with zero attached hydrogens (tertiary/aromatic N) is 1. The predicted octanol–water partition coefficient (Wildman–Crippen LogP) is 3.35. The molecule has 22 heavy (non-hydrogen) atoms. The predicted molar refractivity (Wildman–Crippen MR) is 81.5 cm³/mol. The SMILES string of the molecule is COc1cc(C(OC)c2ccccc2)c([N+](=O)[O-])cc1OC. The van der Waals surface area contributed by atoms with Crippen LogP contribution in [0.1, 0.15) is 17.2 Å². The van der Waals surface area contributed by atoms with Crippen LogP contribution in [0.2, 0.25) is 0 Å². The molecule has 0 bridgehead atoms. The third-order valence-corrected chi connectivity index (χ3v) is 3.35. The van der Waals surface area contributed by atoms with Gasteiger partial charge in [-0.3, -0.25) is 10.1 Å². The van der Waals surface area contributed by atoms with Crippen LogP contribution >= 0.6 is 0 Å². The van der Waals surface area contributed by atoms with Crippen molar-refractivity contribution in [2.45, 2.75) is 6.10 Å². The molecule has 2 aromatic rings. The molecule has 0 aliphatic carbocycles. The lowest BCUT2D eigenvalue weighted by Crippen LogP contribution is -2.08. The summed E-state index contributed by atoms with van der Waals surface area (Å²) in [7, 11) is 4.43. The molecule has 1 unspecified atom stereocenters. The average molecular weight is 303 g/mol. The summed E-state index contributed by atoms with van der Waals surface area (Å²) in [6.07, 6.45) is -0.568. The fourth-order valence-electron chi connectivity index (χ4n) is 2.32. The molecule has 0 heterocycles. The zero-order valence-corrected chi connectivity index (χ0v) is 12.6. The minimum absolute atomic E-state index is 0.0756. The first-order valence-electron chi connectivity index (χ1n) is 6.60. The Morgan fingerprint density at radius 2 is 1.59 bits per heavy atom. The summed E-state index contributed by atoms with van der Waals surface area (Å²) < 4.78 is 15.9. The highest BCUT2D eigenvalue weighted by Gasteiger charge is 2.26. The molecule has 0 fully saturated rings. The van der Waals surface area contributed by atoms with Crippen LogP contribution in [0.15, 0.2) is 42.5 Å². The van der Waals surface area contributed by atoms with Crippen molar-refractivity contribution in [3.63, 3.8) is 0 Å². The zero-order valence-electron chi connectivity index (χ0n) is 12.6. The standard InChI is InChI=1S/C16H17NO5/c1-20-14-9-12(13(17(18)19)10-15(14)21-2)16(22-3)11-7-5-4-6-8-11/h4-10,16H,1-3H3. The van der Waals surface area contributed by atoms with Gasteiger partial charge in [-0.2, -0.15) is 0 Å². The summed E-state index contributed by atoms with van der Waals surface area (Å²) in [5.74, 6) is 0.724. The van der Waals surface area contributed by atoms with Crippen molar-refractivity contribution in [3.8, 4) is 11.5 Å². The van der Waals surface area contributed by atoms with E-state index in [0.717, 1.165) is 5.56 Å². The van der Waals surface area contributed by atoms with Crippen molar-refractivity contribution in [2.24, 2.45) is 0 Å². The van der Waals surface area contributed by atoms with Crippen molar-refractivity contribution in [3.05, 3.63) is 63.7 Å². The molecular formula is C16H17NO5. The van der Waals surface area contributed by atoms with Crippen molar-refractivity contribution in [1.82, 2.24) is 0 Å². The largest absolute Gasteiger partial charge is 0.493 e. The van der Waals surface area contributed by atoms with E-state index in [-0.39, 0.29) is 5.69 Å². The van der Waals surface area contributed by atoms with Gasteiger partial charge in [0.15, 0.2) is 11.5 Å². The molecular weight excluding hydrogens is 286 g/mol. The Hall–Kier alpha value is -2.60. The second kappa shape index (κ2) is 6.91. The summed E-state index contributed by atoms with van der Waals surface area (Å²) in [6, 6.07) is 12.2. The Morgan fingerprint density at radius 1 is 1.00 bits per heavy atom. The topological polar surface area (TPSA) is 70.8 Å². The molecule has 2 rings (SSSR count). The highest BCUT2D eigenvalue weighted by atomic mass is 16.6. The molecule has 0 amide bonds. The maximum atomic E-state index is 11.4. The van der Waals surface area contributed by atoms with E-state index in [1.807, 2.05) is 30.3 Å². The monoisotopic (exact) mass is 303 g/mol. The van der Waals surface area contributed by atoms with Crippen LogP contribution in [0.25, 0.3) is 0 Å². The Kier molecular flexibility index (Phi) is 4.95. The molecule has 0 spiro atoms. The van der Waals surface area contributed by atoms with E-state index in [1.165, 1.54) is 27.4 Å². The lowest BCUT2D eigenvalue weighted by Gasteiger charge is -2.18. The number of nitro groups is 1. The maximum Gasteiger partial charge on any atom is 0.279 e. The Balaban J connectivity index is 2.63. The van der Waals surface area contributed by atoms with Gasteiger partial charge in [-0.15, -0.1) is 0 Å². The van der Waals surface area contributed by atoms with Gasteiger partial charge in [-0.05, 0) is 11.6 Å². The van der Waals surface area contributed by atoms with E-state index < -0.39 is 11.0 Å². The summed E-state index contributed by atoms with van der Waals surface area (Å²) in [5.41, 5.74) is 1.16. The van der Waals surface area contributed by atoms with Crippen molar-refractivity contribution < 1.29 is 19.1 Å². The van der Waals surface area contributed by atoms with Crippen LogP contribution in [-0.4, -0.2) is 26.3 Å². The quantitative estimate of drug-likeness (QED) is 0.604. The fraction of sp³-hybridized carbons (Fsp3) is 0.250. The summed E-state index contributed by atoms with van der Waals surface area (Å²) in [6.45, 7) is 0. The number of methoxy groups -OCH3 is 3. The van der Waals surface area contributed by atoms with Gasteiger partial charge in [0.1, 0.15) is 6.10 Å². The number of hydrogen-bond acceptors (Lipinski definition) is 5. The van der Waals surface area contributed by atoms with Gasteiger partial charge in [0.25, 0.3) is 5.69 Å². The minimum Gasteiger partial charge on any atom is -0.493 e. The van der Waals surface area contributed by atoms with Gasteiger partial charge in [0.2, 0.25) is 0 Å². The highest BCUT2D eigenvalue weighted by Crippen LogP contribution is 2.40. The van der Waals surface area contributed by atoms with E-state index in [1.54, 1.807) is 6.07 Å². The van der Waals surface area contributed by atoms with E-state index in [9.17, 15) is 10.1 Å². The third kappa shape index (κ3) is 3.01. The van der Waals surface area contributed by atoms with E-state index in [0.29, 0.717) is 17.1 Å². The normalized spacial score (nSPS) is 11.8. The van der Waals surface area contributed by atoms with Crippen LogP contribution in [0.3, 0.4) is 0 Å². The van der Waals surface area contributed by atoms with Gasteiger partial charge >= 0.3 is 0 Å². The zero-order chi connectivity index (χ0) is 16.1. The first kappa shape index (κ1) is 15.8. The minimum atomic E-state index is -0.568. The molecule has 0 aromatic heterocycles. The second-order valence-corrected chi connectivity index (χ2v) is 4.55. The number of nitro benzene ring substituents is 1. The number of hydrogen-bond donors (Lipinski definition) is 0. The molecule has 116 valence electrons. The lowest BCUT2D eigenvalue weighted by molar-refractivity contribution is -0.386. The molecule has 1 atom stereocenters. The summed E-state index contributed by atoms with van der Waals surface area (Å²) in [4.78, 5) is 10.9. The first-order chi connectivity index (χ1) is 10.6. The molecule has 0 aliphatic heterocycles. The van der Waals surface area contributed by atoms with Gasteiger partial charge < -0.3 is 14.2 Å². The molecule has 0 N–H and O–H groups in total. The van der Waals surface area contributed by atoms with Crippen molar-refractivity contribution in [1.29, 1.82) is 0 Å². The van der Waals surface area contributed by atoms with Gasteiger partial charge in [-0.25, -0.2) is 0 Å². The van der Waals surface area contributed by atoms with E-state index in [2.05, 4.69) is 0 Å². The molecule has 0 saturated heterocycles. The molecule has 2 aromatic carbocycles. The molecule has 0 aliphatic rings. The molecule has 0 radical (unpaired) electrons. The van der Waals surface area contributed by atoms with Crippen molar-refractivity contribution in [2.75, 3.05) is 21.3 Å². The van der Waals surface area contributed by atoms with Crippen LogP contribution in [0.5, 0.6) is 11.5 Å². The summed E-state index contributed by atoms with van der Waals surface area (Å²) in [5, 5.41) is 11.4. The highest BCUT2D eigenvalue weighted by molar-refractivity contribution is 5.56. The average Bonchev–Trinajstić information content (AvgIpc) is 2.55. The molecule has 6 heteroatoms. The van der Waals surface area contributed by atoms with Crippen LogP contribution in [0.4, 0.5) is 5.69 Å². The Bertz CT molecular complexity index is 657. The van der Waals surface area contributed by atoms with Gasteiger partial charge in [0.05, 0.1) is 30.8 Å². The number of rotatable bonds is 6. The smallest absolute Gasteiger partial charge is 0.279 e. The number of ether oxygens (including phenoxy) is 3. The molecule has 0 saturated carbocycles. The number of benzene rings is 2. The van der Waals surface area contributed by atoms with Crippen LogP contribution in [0, 0.1) is 10.1 Å². The Labute approximate surface area is 128 Å². The van der Waals surface area contributed by atoms with Crippen LogP contribution < -0.4 is 9.47 Å². The van der Waals surface area contributed by atoms with E-state index >= 15 is 0 Å². The first-order valence-corrected chi connectivity index (χ1v) is 6.60. The summed E-state index contributed by atoms with van der Waals surface area (Å²) >= 11 is 0. The van der Waals surface area contributed by atoms with Gasteiger partial charge in [0, 0.05) is 7.11 Å². The van der Waals surface area contributed by atoms with Crippen LogP contribution in [-0.2, 0) is 4.74 Å². The van der Waals surface area contributed by atoms with Gasteiger partial charge in [-0.1, -0.05) is 30.3 Å².